The largest absolute Gasteiger partial charge is 0.495 e. The van der Waals surface area contributed by atoms with Gasteiger partial charge in [-0.05, 0) is 30.5 Å². The van der Waals surface area contributed by atoms with Crippen LogP contribution in [0.4, 0.5) is 15.8 Å². The number of hydrogen-bond donors (Lipinski definition) is 1. The Morgan fingerprint density at radius 2 is 1.73 bits per heavy atom. The first-order chi connectivity index (χ1) is 21.0. The second-order valence-electron chi connectivity index (χ2n) is 10.7. The average Bonchev–Trinajstić information content (AvgIpc) is 3.51. The third-order valence-electron chi connectivity index (χ3n) is 7.59. The topological polar surface area (TPSA) is 139 Å². The van der Waals surface area contributed by atoms with E-state index in [-0.39, 0.29) is 36.0 Å². The second kappa shape index (κ2) is 14.3. The molecule has 0 aliphatic heterocycles. The van der Waals surface area contributed by atoms with Crippen LogP contribution >= 0.6 is 0 Å². The van der Waals surface area contributed by atoms with E-state index in [0.29, 0.717) is 4.31 Å². The molecule has 3 aromatic carbocycles. The Labute approximate surface area is 255 Å². The molecule has 44 heavy (non-hydrogen) atoms. The molecule has 1 atom stereocenters. The van der Waals surface area contributed by atoms with Gasteiger partial charge in [0, 0.05) is 36.7 Å². The minimum atomic E-state index is -4.22. The van der Waals surface area contributed by atoms with Gasteiger partial charge in [-0.15, -0.1) is 0 Å². The summed E-state index contributed by atoms with van der Waals surface area (Å²) >= 11 is 0. The molecule has 1 N–H and O–H groups in total. The number of anilines is 1. The van der Waals surface area contributed by atoms with Crippen molar-refractivity contribution in [3.63, 3.8) is 0 Å². The average molecular weight is 627 g/mol. The molecule has 0 spiro atoms. The van der Waals surface area contributed by atoms with Gasteiger partial charge in [-0.1, -0.05) is 61.4 Å². The lowest BCUT2D eigenvalue weighted by atomic mass is 10.0. The number of carbonyl (C=O) groups excluding carboxylic acids is 2. The second-order valence-corrected chi connectivity index (χ2v) is 12.6. The lowest BCUT2D eigenvalue weighted by molar-refractivity contribution is -0.384. The van der Waals surface area contributed by atoms with Crippen LogP contribution in [0.3, 0.4) is 0 Å². The van der Waals surface area contributed by atoms with E-state index in [1.165, 1.54) is 36.3 Å². The van der Waals surface area contributed by atoms with Gasteiger partial charge in [0.1, 0.15) is 29.8 Å². The molecule has 0 saturated heterocycles. The Bertz CT molecular complexity index is 1600. The van der Waals surface area contributed by atoms with E-state index >= 15 is 0 Å². The van der Waals surface area contributed by atoms with Gasteiger partial charge in [0.05, 0.1) is 18.3 Å². The highest BCUT2D eigenvalue weighted by Gasteiger charge is 2.35. The molecule has 234 valence electrons. The van der Waals surface area contributed by atoms with Crippen LogP contribution in [0.25, 0.3) is 0 Å². The van der Waals surface area contributed by atoms with Crippen molar-refractivity contribution in [1.82, 2.24) is 10.2 Å². The lowest BCUT2D eigenvalue weighted by Crippen LogP contribution is -2.54. The maximum absolute atomic E-state index is 14.9. The summed E-state index contributed by atoms with van der Waals surface area (Å²) in [6, 6.07) is 17.0. The fourth-order valence-corrected chi connectivity index (χ4v) is 6.16. The Hall–Kier alpha value is -4.52. The molecule has 1 saturated carbocycles. The number of amides is 2. The maximum Gasteiger partial charge on any atom is 0.271 e. The number of ether oxygens (including phenoxy) is 1. The number of nitrogens with zero attached hydrogens (tertiary/aromatic N) is 3. The highest BCUT2D eigenvalue weighted by Crippen LogP contribution is 2.34. The molecule has 13 heteroatoms. The van der Waals surface area contributed by atoms with Crippen LogP contribution in [0.15, 0.2) is 72.8 Å². The third-order valence-corrected chi connectivity index (χ3v) is 8.72. The SMILES string of the molecule is COc1ccc([N+](=O)[O-])cc1N(CC(=O)N(Cc1ccccc1F)[C@@H](Cc1ccccc1)C(=O)NC1CCCC1)S(C)(=O)=O. The molecule has 0 radical (unpaired) electrons. The lowest BCUT2D eigenvalue weighted by Gasteiger charge is -2.34. The first-order valence-electron chi connectivity index (χ1n) is 14.1. The normalized spacial score (nSPS) is 14.1. The molecule has 4 rings (SSSR count). The minimum Gasteiger partial charge on any atom is -0.495 e. The van der Waals surface area contributed by atoms with E-state index in [1.54, 1.807) is 30.3 Å². The highest BCUT2D eigenvalue weighted by atomic mass is 32.2. The monoisotopic (exact) mass is 626 g/mol. The van der Waals surface area contributed by atoms with Gasteiger partial charge < -0.3 is 15.0 Å². The van der Waals surface area contributed by atoms with Crippen LogP contribution in [-0.2, 0) is 32.6 Å². The van der Waals surface area contributed by atoms with E-state index in [2.05, 4.69) is 5.32 Å². The molecule has 0 aromatic heterocycles. The Morgan fingerprint density at radius 1 is 1.07 bits per heavy atom. The van der Waals surface area contributed by atoms with E-state index in [0.717, 1.165) is 49.6 Å². The van der Waals surface area contributed by atoms with Crippen molar-refractivity contribution in [2.45, 2.75) is 50.7 Å². The number of benzene rings is 3. The number of methoxy groups -OCH3 is 1. The molecule has 3 aromatic rings. The first kappa shape index (κ1) is 32.4. The summed E-state index contributed by atoms with van der Waals surface area (Å²) < 4.78 is 47.1. The van der Waals surface area contributed by atoms with Crippen molar-refractivity contribution < 1.29 is 32.1 Å². The number of carbonyl (C=O) groups is 2. The van der Waals surface area contributed by atoms with Crippen LogP contribution in [0, 0.1) is 15.9 Å². The summed E-state index contributed by atoms with van der Waals surface area (Å²) in [6.07, 6.45) is 4.44. The fraction of sp³-hybridized carbons (Fsp3) is 0.355. The minimum absolute atomic E-state index is 0.0192. The molecule has 2 amide bonds. The number of halogens is 1. The van der Waals surface area contributed by atoms with Gasteiger partial charge in [-0.25, -0.2) is 12.8 Å². The van der Waals surface area contributed by atoms with E-state index in [4.69, 9.17) is 4.74 Å². The predicted molar refractivity (Wildman–Crippen MR) is 163 cm³/mol. The molecule has 1 aliphatic rings. The standard InChI is InChI=1S/C31H35FN4O7S/c1-43-29-17-16-25(36(39)40)19-27(29)35(44(2,41)42)21-30(37)34(20-23-12-6-9-15-26(23)32)28(18-22-10-4-3-5-11-22)31(38)33-24-13-7-8-14-24/h3-6,9-12,15-17,19,24,28H,7-8,13-14,18,20-21H2,1-2H3,(H,33,38)/t28-/m0/s1. The van der Waals surface area contributed by atoms with Crippen molar-refractivity contribution in [2.24, 2.45) is 0 Å². The van der Waals surface area contributed by atoms with E-state index < -0.39 is 50.9 Å². The summed E-state index contributed by atoms with van der Waals surface area (Å²) in [5, 5.41) is 14.5. The van der Waals surface area contributed by atoms with Gasteiger partial charge in [0.25, 0.3) is 5.69 Å². The zero-order valence-electron chi connectivity index (χ0n) is 24.5. The van der Waals surface area contributed by atoms with Gasteiger partial charge >= 0.3 is 0 Å². The van der Waals surface area contributed by atoms with Gasteiger partial charge in [0.15, 0.2) is 0 Å². The number of non-ortho nitro benzene ring substituents is 1. The smallest absolute Gasteiger partial charge is 0.271 e. The van der Waals surface area contributed by atoms with Crippen molar-refractivity contribution >= 4 is 33.2 Å². The van der Waals surface area contributed by atoms with E-state index in [9.17, 15) is 32.5 Å². The van der Waals surface area contributed by atoms with Crippen LogP contribution in [0.2, 0.25) is 0 Å². The summed E-state index contributed by atoms with van der Waals surface area (Å²) in [6.45, 7) is -1.16. The van der Waals surface area contributed by atoms with Gasteiger partial charge in [-0.2, -0.15) is 0 Å². The number of hydrogen-bond acceptors (Lipinski definition) is 7. The summed E-state index contributed by atoms with van der Waals surface area (Å²) in [5.74, 6) is -1.87. The molecule has 11 nitrogen and oxygen atoms in total. The van der Waals surface area contributed by atoms with Crippen molar-refractivity contribution in [2.75, 3.05) is 24.2 Å². The molecular weight excluding hydrogens is 591 g/mol. The quantitative estimate of drug-likeness (QED) is 0.222. The molecule has 1 fully saturated rings. The maximum atomic E-state index is 14.9. The van der Waals surface area contributed by atoms with Crippen LogP contribution in [0.5, 0.6) is 5.75 Å². The summed E-state index contributed by atoms with van der Waals surface area (Å²) in [4.78, 5) is 40.1. The zero-order chi connectivity index (χ0) is 31.9. The molecule has 0 unspecified atom stereocenters. The Kier molecular flexibility index (Phi) is 10.5. The fourth-order valence-electron chi connectivity index (χ4n) is 5.31. The van der Waals surface area contributed by atoms with Crippen molar-refractivity contribution in [1.29, 1.82) is 0 Å². The third kappa shape index (κ3) is 8.10. The van der Waals surface area contributed by atoms with Crippen LogP contribution < -0.4 is 14.4 Å². The number of rotatable bonds is 13. The van der Waals surface area contributed by atoms with Gasteiger partial charge in [0.2, 0.25) is 21.8 Å². The molecule has 0 bridgehead atoms. The highest BCUT2D eigenvalue weighted by molar-refractivity contribution is 7.92. The Morgan fingerprint density at radius 3 is 2.34 bits per heavy atom. The summed E-state index contributed by atoms with van der Waals surface area (Å²) in [5.41, 5.74) is 0.235. The molecule has 0 heterocycles. The van der Waals surface area contributed by atoms with E-state index in [1.807, 2.05) is 6.07 Å². The zero-order valence-corrected chi connectivity index (χ0v) is 25.3. The van der Waals surface area contributed by atoms with Crippen LogP contribution in [-0.4, -0.2) is 62.0 Å². The number of nitro benzene ring substituents is 1. The number of nitrogens with one attached hydrogen (secondary N) is 1. The first-order valence-corrected chi connectivity index (χ1v) is 16.0. The number of nitro groups is 1. The van der Waals surface area contributed by atoms with Gasteiger partial charge in [-0.3, -0.25) is 24.0 Å². The predicted octanol–water partition coefficient (Wildman–Crippen LogP) is 4.21. The Balaban J connectivity index is 1.79. The van der Waals surface area contributed by atoms with Crippen molar-refractivity contribution in [3.8, 4) is 5.75 Å². The number of sulfonamides is 1. The van der Waals surface area contributed by atoms with Crippen molar-refractivity contribution in [3.05, 3.63) is 99.9 Å². The summed E-state index contributed by atoms with van der Waals surface area (Å²) in [7, 11) is -2.95. The molecule has 1 aliphatic carbocycles. The molecular formula is C31H35FN4O7S. The van der Waals surface area contributed by atoms with Crippen LogP contribution in [0.1, 0.15) is 36.8 Å².